The Hall–Kier alpha value is -1.81. The van der Waals surface area contributed by atoms with E-state index in [4.69, 9.17) is 0 Å². The standard InChI is InChI=1S/C16H18N2OS/c1-3-7-16(19)18(13-8-6-11-17-12-13)14-9-4-5-10-15(14)20-2/h4-6,8-12H,3,7H2,1-2H3. The minimum atomic E-state index is 0.0991. The molecule has 1 aromatic heterocycles. The predicted octanol–water partition coefficient (Wildman–Crippen LogP) is 4.27. The summed E-state index contributed by atoms with van der Waals surface area (Å²) in [5.41, 5.74) is 1.74. The molecule has 2 aromatic rings. The van der Waals surface area contributed by atoms with Crippen molar-refractivity contribution < 1.29 is 4.79 Å². The number of carbonyl (C=O) groups is 1. The van der Waals surface area contributed by atoms with Crippen LogP contribution in [0.5, 0.6) is 0 Å². The van der Waals surface area contributed by atoms with Crippen LogP contribution in [0.2, 0.25) is 0 Å². The quantitative estimate of drug-likeness (QED) is 0.770. The summed E-state index contributed by atoms with van der Waals surface area (Å²) in [5, 5.41) is 0. The number of hydrogen-bond donors (Lipinski definition) is 0. The van der Waals surface area contributed by atoms with Gasteiger partial charge in [-0.1, -0.05) is 19.1 Å². The molecule has 0 unspecified atom stereocenters. The van der Waals surface area contributed by atoms with E-state index in [1.807, 2.05) is 49.6 Å². The molecule has 0 spiro atoms. The molecule has 0 aliphatic carbocycles. The van der Waals surface area contributed by atoms with Gasteiger partial charge >= 0.3 is 0 Å². The Bertz CT molecular complexity index is 572. The van der Waals surface area contributed by atoms with Crippen LogP contribution < -0.4 is 4.90 Å². The minimum absolute atomic E-state index is 0.0991. The van der Waals surface area contributed by atoms with Gasteiger partial charge in [0.25, 0.3) is 0 Å². The second-order valence-corrected chi connectivity index (χ2v) is 5.21. The van der Waals surface area contributed by atoms with E-state index in [9.17, 15) is 4.79 Å². The van der Waals surface area contributed by atoms with Gasteiger partial charge in [0.15, 0.2) is 0 Å². The van der Waals surface area contributed by atoms with Crippen molar-refractivity contribution in [2.45, 2.75) is 24.7 Å². The van der Waals surface area contributed by atoms with Crippen LogP contribution in [0.3, 0.4) is 0 Å². The molecule has 3 nitrogen and oxygen atoms in total. The SMILES string of the molecule is CCCC(=O)N(c1cccnc1)c1ccccc1SC. The summed E-state index contributed by atoms with van der Waals surface area (Å²) < 4.78 is 0. The first-order valence-electron chi connectivity index (χ1n) is 6.64. The van der Waals surface area contributed by atoms with E-state index in [1.54, 1.807) is 29.1 Å². The molecule has 0 saturated heterocycles. The first-order chi connectivity index (χ1) is 9.77. The number of amides is 1. The Morgan fingerprint density at radius 3 is 2.70 bits per heavy atom. The van der Waals surface area contributed by atoms with Crippen molar-refractivity contribution >= 4 is 29.0 Å². The van der Waals surface area contributed by atoms with E-state index >= 15 is 0 Å². The van der Waals surface area contributed by atoms with Crippen LogP contribution in [0.1, 0.15) is 19.8 Å². The maximum Gasteiger partial charge on any atom is 0.231 e. The number of thioether (sulfide) groups is 1. The fraction of sp³-hybridized carbons (Fsp3) is 0.250. The van der Waals surface area contributed by atoms with Gasteiger partial charge in [0.2, 0.25) is 5.91 Å². The number of anilines is 2. The highest BCUT2D eigenvalue weighted by Gasteiger charge is 2.19. The van der Waals surface area contributed by atoms with Gasteiger partial charge in [-0.2, -0.15) is 0 Å². The smallest absolute Gasteiger partial charge is 0.231 e. The highest BCUT2D eigenvalue weighted by Crippen LogP contribution is 2.33. The number of hydrogen-bond acceptors (Lipinski definition) is 3. The summed E-state index contributed by atoms with van der Waals surface area (Å²) in [5.74, 6) is 0.0991. The molecule has 1 heterocycles. The number of nitrogens with zero attached hydrogens (tertiary/aromatic N) is 2. The van der Waals surface area contributed by atoms with Gasteiger partial charge in [0, 0.05) is 17.5 Å². The van der Waals surface area contributed by atoms with Gasteiger partial charge in [-0.3, -0.25) is 14.7 Å². The summed E-state index contributed by atoms with van der Waals surface area (Å²) in [6, 6.07) is 11.7. The third-order valence-corrected chi connectivity index (χ3v) is 3.73. The molecule has 1 aromatic carbocycles. The maximum absolute atomic E-state index is 12.5. The highest BCUT2D eigenvalue weighted by atomic mass is 32.2. The van der Waals surface area contributed by atoms with Gasteiger partial charge < -0.3 is 0 Å². The third-order valence-electron chi connectivity index (χ3n) is 2.94. The second kappa shape index (κ2) is 7.10. The van der Waals surface area contributed by atoms with Crippen LogP contribution in [-0.4, -0.2) is 17.1 Å². The van der Waals surface area contributed by atoms with Crippen molar-refractivity contribution in [2.24, 2.45) is 0 Å². The van der Waals surface area contributed by atoms with Crippen molar-refractivity contribution in [2.75, 3.05) is 11.2 Å². The number of aromatic nitrogens is 1. The monoisotopic (exact) mass is 286 g/mol. The normalized spacial score (nSPS) is 10.3. The van der Waals surface area contributed by atoms with Crippen molar-refractivity contribution in [1.29, 1.82) is 0 Å². The summed E-state index contributed by atoms with van der Waals surface area (Å²) in [4.78, 5) is 19.5. The Labute approximate surface area is 124 Å². The van der Waals surface area contributed by atoms with Crippen LogP contribution in [-0.2, 0) is 4.79 Å². The lowest BCUT2D eigenvalue weighted by atomic mass is 10.2. The van der Waals surface area contributed by atoms with E-state index in [0.717, 1.165) is 22.7 Å². The molecular weight excluding hydrogens is 268 g/mol. The molecule has 0 saturated carbocycles. The van der Waals surface area contributed by atoms with Gasteiger partial charge in [0.05, 0.1) is 17.6 Å². The van der Waals surface area contributed by atoms with Crippen LogP contribution in [0, 0.1) is 0 Å². The van der Waals surface area contributed by atoms with E-state index in [2.05, 4.69) is 4.98 Å². The average molecular weight is 286 g/mol. The third kappa shape index (κ3) is 3.20. The van der Waals surface area contributed by atoms with Gasteiger partial charge in [-0.25, -0.2) is 0 Å². The molecule has 0 bridgehead atoms. The molecule has 1 amide bonds. The molecule has 0 fully saturated rings. The first kappa shape index (κ1) is 14.6. The first-order valence-corrected chi connectivity index (χ1v) is 7.86. The lowest BCUT2D eigenvalue weighted by molar-refractivity contribution is -0.117. The zero-order valence-electron chi connectivity index (χ0n) is 11.7. The van der Waals surface area contributed by atoms with Gasteiger partial charge in [0.1, 0.15) is 0 Å². The number of carbonyl (C=O) groups excluding carboxylic acids is 1. The molecule has 2 rings (SSSR count). The van der Waals surface area contributed by atoms with E-state index in [0.29, 0.717) is 6.42 Å². The molecule has 0 aliphatic rings. The Kier molecular flexibility index (Phi) is 5.18. The van der Waals surface area contributed by atoms with E-state index < -0.39 is 0 Å². The lowest BCUT2D eigenvalue weighted by Crippen LogP contribution is -2.26. The molecule has 20 heavy (non-hydrogen) atoms. The van der Waals surface area contributed by atoms with Crippen LogP contribution in [0.25, 0.3) is 0 Å². The highest BCUT2D eigenvalue weighted by molar-refractivity contribution is 7.98. The van der Waals surface area contributed by atoms with Crippen LogP contribution >= 0.6 is 11.8 Å². The number of para-hydroxylation sites is 1. The molecule has 0 atom stereocenters. The summed E-state index contributed by atoms with van der Waals surface area (Å²) >= 11 is 1.64. The molecule has 0 radical (unpaired) electrons. The Morgan fingerprint density at radius 1 is 1.25 bits per heavy atom. The maximum atomic E-state index is 12.5. The molecule has 0 aliphatic heterocycles. The zero-order valence-corrected chi connectivity index (χ0v) is 12.6. The topological polar surface area (TPSA) is 33.2 Å². The minimum Gasteiger partial charge on any atom is -0.278 e. The van der Waals surface area contributed by atoms with Crippen molar-refractivity contribution in [3.8, 4) is 0 Å². The summed E-state index contributed by atoms with van der Waals surface area (Å²) in [6.45, 7) is 2.01. The Morgan fingerprint density at radius 2 is 2.05 bits per heavy atom. The van der Waals surface area contributed by atoms with Crippen molar-refractivity contribution in [3.63, 3.8) is 0 Å². The number of pyridine rings is 1. The molecule has 4 heteroatoms. The predicted molar refractivity (Wildman–Crippen MR) is 84.5 cm³/mol. The number of benzene rings is 1. The van der Waals surface area contributed by atoms with E-state index in [1.165, 1.54) is 0 Å². The molecule has 104 valence electrons. The zero-order chi connectivity index (χ0) is 14.4. The summed E-state index contributed by atoms with van der Waals surface area (Å²) in [7, 11) is 0. The van der Waals surface area contributed by atoms with Gasteiger partial charge in [-0.05, 0) is 36.9 Å². The van der Waals surface area contributed by atoms with Crippen LogP contribution in [0.4, 0.5) is 11.4 Å². The number of rotatable bonds is 5. The van der Waals surface area contributed by atoms with Crippen LogP contribution in [0.15, 0.2) is 53.7 Å². The second-order valence-electron chi connectivity index (χ2n) is 4.36. The fourth-order valence-electron chi connectivity index (χ4n) is 2.04. The Balaban J connectivity index is 2.49. The molecular formula is C16H18N2OS. The van der Waals surface area contributed by atoms with Crippen molar-refractivity contribution in [1.82, 2.24) is 4.98 Å². The average Bonchev–Trinajstić information content (AvgIpc) is 2.49. The summed E-state index contributed by atoms with van der Waals surface area (Å²) in [6.07, 6.45) is 6.82. The van der Waals surface area contributed by atoms with Gasteiger partial charge in [-0.15, -0.1) is 11.8 Å². The fourth-order valence-corrected chi connectivity index (χ4v) is 2.63. The molecule has 0 N–H and O–H groups in total. The van der Waals surface area contributed by atoms with Crippen molar-refractivity contribution in [3.05, 3.63) is 48.8 Å². The largest absolute Gasteiger partial charge is 0.278 e. The van der Waals surface area contributed by atoms with E-state index in [-0.39, 0.29) is 5.91 Å². The lowest BCUT2D eigenvalue weighted by Gasteiger charge is -2.24.